The van der Waals surface area contributed by atoms with E-state index in [-0.39, 0.29) is 17.0 Å². The smallest absolute Gasteiger partial charge is 0.322 e. The monoisotopic (exact) mass is 454 g/mol. The van der Waals surface area contributed by atoms with Gasteiger partial charge in [0.15, 0.2) is 0 Å². The van der Waals surface area contributed by atoms with Crippen molar-refractivity contribution >= 4 is 21.9 Å². The molecular formula is C23H26N4O4S. The molecule has 1 saturated carbocycles. The third kappa shape index (κ3) is 4.73. The summed E-state index contributed by atoms with van der Waals surface area (Å²) in [6.07, 6.45) is 5.01. The molecule has 8 nitrogen and oxygen atoms in total. The second-order valence-electron chi connectivity index (χ2n) is 8.07. The van der Waals surface area contributed by atoms with Gasteiger partial charge in [-0.2, -0.15) is 4.31 Å². The van der Waals surface area contributed by atoms with Gasteiger partial charge in [-0.25, -0.2) is 8.42 Å². The van der Waals surface area contributed by atoms with Crippen LogP contribution in [0.3, 0.4) is 0 Å². The molecule has 0 spiro atoms. The molecule has 32 heavy (non-hydrogen) atoms. The van der Waals surface area contributed by atoms with Crippen molar-refractivity contribution in [3.63, 3.8) is 0 Å². The van der Waals surface area contributed by atoms with Gasteiger partial charge >= 0.3 is 6.01 Å². The van der Waals surface area contributed by atoms with Crippen LogP contribution in [0, 0.1) is 6.92 Å². The second-order valence-corrected chi connectivity index (χ2v) is 10.1. The first kappa shape index (κ1) is 22.2. The highest BCUT2D eigenvalue weighted by Gasteiger charge is 2.29. The van der Waals surface area contributed by atoms with E-state index in [1.807, 2.05) is 31.2 Å². The van der Waals surface area contributed by atoms with E-state index in [0.29, 0.717) is 11.5 Å². The first-order valence-corrected chi connectivity index (χ1v) is 12.1. The summed E-state index contributed by atoms with van der Waals surface area (Å²) in [7, 11) is -1.98. The number of carbonyl (C=O) groups excluding carboxylic acids is 1. The van der Waals surface area contributed by atoms with Crippen LogP contribution in [0.25, 0.3) is 11.5 Å². The van der Waals surface area contributed by atoms with Gasteiger partial charge in [0.1, 0.15) is 0 Å². The predicted molar refractivity (Wildman–Crippen MR) is 121 cm³/mol. The molecule has 4 rings (SSSR count). The molecule has 1 aliphatic rings. The van der Waals surface area contributed by atoms with E-state index in [9.17, 15) is 13.2 Å². The third-order valence-electron chi connectivity index (χ3n) is 5.83. The Balaban J connectivity index is 1.43. The molecule has 0 aliphatic heterocycles. The van der Waals surface area contributed by atoms with E-state index in [1.165, 1.54) is 28.6 Å². The number of rotatable bonds is 6. The fourth-order valence-electron chi connectivity index (χ4n) is 3.84. The molecular weight excluding hydrogens is 428 g/mol. The Labute approximate surface area is 187 Å². The molecule has 1 N–H and O–H groups in total. The molecule has 0 atom stereocenters. The summed E-state index contributed by atoms with van der Waals surface area (Å²) in [5.74, 6) is -0.166. The van der Waals surface area contributed by atoms with Crippen LogP contribution < -0.4 is 5.32 Å². The van der Waals surface area contributed by atoms with Gasteiger partial charge in [0.05, 0.1) is 4.90 Å². The Morgan fingerprint density at radius 1 is 1.00 bits per heavy atom. The van der Waals surface area contributed by atoms with Crippen LogP contribution in [0.5, 0.6) is 0 Å². The van der Waals surface area contributed by atoms with E-state index in [4.69, 9.17) is 4.42 Å². The molecule has 0 unspecified atom stereocenters. The van der Waals surface area contributed by atoms with Crippen molar-refractivity contribution in [1.29, 1.82) is 0 Å². The van der Waals surface area contributed by atoms with E-state index in [2.05, 4.69) is 15.5 Å². The Bertz CT molecular complexity index is 1180. The highest BCUT2D eigenvalue weighted by atomic mass is 32.2. The summed E-state index contributed by atoms with van der Waals surface area (Å²) >= 11 is 0. The van der Waals surface area contributed by atoms with Gasteiger partial charge in [0.2, 0.25) is 15.9 Å². The lowest BCUT2D eigenvalue weighted by molar-refractivity contribution is 0.102. The van der Waals surface area contributed by atoms with Gasteiger partial charge in [0, 0.05) is 24.2 Å². The number of nitrogens with one attached hydrogen (secondary N) is 1. The van der Waals surface area contributed by atoms with Gasteiger partial charge in [-0.1, -0.05) is 42.1 Å². The summed E-state index contributed by atoms with van der Waals surface area (Å²) in [4.78, 5) is 12.7. The molecule has 0 bridgehead atoms. The quantitative estimate of drug-likeness (QED) is 0.597. The van der Waals surface area contributed by atoms with Crippen molar-refractivity contribution in [2.24, 2.45) is 0 Å². The molecule has 1 aliphatic carbocycles. The van der Waals surface area contributed by atoms with Crippen LogP contribution in [0.2, 0.25) is 0 Å². The zero-order valence-corrected chi connectivity index (χ0v) is 18.9. The lowest BCUT2D eigenvalue weighted by Gasteiger charge is -2.30. The summed E-state index contributed by atoms with van der Waals surface area (Å²) in [5, 5.41) is 10.4. The van der Waals surface area contributed by atoms with Crippen molar-refractivity contribution in [2.75, 3.05) is 12.4 Å². The Morgan fingerprint density at radius 2 is 1.66 bits per heavy atom. The van der Waals surface area contributed by atoms with Crippen molar-refractivity contribution in [3.05, 3.63) is 59.7 Å². The van der Waals surface area contributed by atoms with E-state index in [1.54, 1.807) is 7.05 Å². The van der Waals surface area contributed by atoms with Crippen LogP contribution in [-0.2, 0) is 10.0 Å². The van der Waals surface area contributed by atoms with E-state index >= 15 is 0 Å². The van der Waals surface area contributed by atoms with Gasteiger partial charge in [-0.15, -0.1) is 5.10 Å². The summed E-state index contributed by atoms with van der Waals surface area (Å²) in [5.41, 5.74) is 2.15. The highest BCUT2D eigenvalue weighted by molar-refractivity contribution is 7.89. The molecule has 2 aromatic carbocycles. The number of anilines is 1. The maximum Gasteiger partial charge on any atom is 0.322 e. The average molecular weight is 455 g/mol. The third-order valence-corrected chi connectivity index (χ3v) is 7.75. The maximum atomic E-state index is 13.0. The van der Waals surface area contributed by atoms with E-state index in [0.717, 1.165) is 43.2 Å². The molecule has 168 valence electrons. The van der Waals surface area contributed by atoms with Crippen LogP contribution in [-0.4, -0.2) is 41.9 Å². The normalized spacial score (nSPS) is 15.1. The molecule has 3 aromatic rings. The largest absolute Gasteiger partial charge is 0.403 e. The van der Waals surface area contributed by atoms with Crippen molar-refractivity contribution in [2.45, 2.75) is 50.0 Å². The molecule has 9 heteroatoms. The van der Waals surface area contributed by atoms with Crippen LogP contribution in [0.4, 0.5) is 6.01 Å². The fourth-order valence-corrected chi connectivity index (χ4v) is 5.26. The lowest BCUT2D eigenvalue weighted by atomic mass is 9.96. The Morgan fingerprint density at radius 3 is 2.31 bits per heavy atom. The minimum atomic E-state index is -3.61. The van der Waals surface area contributed by atoms with Crippen molar-refractivity contribution < 1.29 is 17.6 Å². The lowest BCUT2D eigenvalue weighted by Crippen LogP contribution is -2.38. The summed E-state index contributed by atoms with van der Waals surface area (Å²) in [6, 6.07) is 13.4. The SMILES string of the molecule is Cc1ccc(-c2nnc(NC(=O)c3ccc(S(=O)(=O)N(C)C4CCCCC4)cc3)o2)cc1. The number of carbonyl (C=O) groups is 1. The van der Waals surface area contributed by atoms with Crippen LogP contribution >= 0.6 is 0 Å². The number of benzene rings is 2. The topological polar surface area (TPSA) is 105 Å². The molecule has 1 heterocycles. The van der Waals surface area contributed by atoms with Crippen LogP contribution in [0.15, 0.2) is 57.8 Å². The minimum absolute atomic E-state index is 0.0250. The number of sulfonamides is 1. The van der Waals surface area contributed by atoms with Crippen LogP contribution in [0.1, 0.15) is 48.0 Å². The van der Waals surface area contributed by atoms with Gasteiger partial charge in [0.25, 0.3) is 5.91 Å². The summed E-state index contributed by atoms with van der Waals surface area (Å²) in [6.45, 7) is 1.98. The second kappa shape index (κ2) is 9.22. The number of hydrogen-bond acceptors (Lipinski definition) is 6. The minimum Gasteiger partial charge on any atom is -0.403 e. The predicted octanol–water partition coefficient (Wildman–Crippen LogP) is 4.25. The molecule has 1 aromatic heterocycles. The first-order chi connectivity index (χ1) is 15.3. The number of amides is 1. The van der Waals surface area contributed by atoms with E-state index < -0.39 is 15.9 Å². The standard InChI is InChI=1S/C23H26N4O4S/c1-16-8-10-18(11-9-16)22-25-26-23(31-22)24-21(28)17-12-14-20(15-13-17)32(29,30)27(2)19-6-4-3-5-7-19/h8-15,19H,3-7H2,1-2H3,(H,24,26,28). The molecule has 0 saturated heterocycles. The van der Waals surface area contributed by atoms with Crippen molar-refractivity contribution in [1.82, 2.24) is 14.5 Å². The Kier molecular flexibility index (Phi) is 6.38. The van der Waals surface area contributed by atoms with Crippen molar-refractivity contribution in [3.8, 4) is 11.5 Å². The zero-order valence-electron chi connectivity index (χ0n) is 18.1. The molecule has 0 radical (unpaired) electrons. The highest BCUT2D eigenvalue weighted by Crippen LogP contribution is 2.27. The molecule has 1 amide bonds. The fraction of sp³-hybridized carbons (Fsp3) is 0.348. The molecule has 1 fully saturated rings. The van der Waals surface area contributed by atoms with Gasteiger partial charge < -0.3 is 4.42 Å². The maximum absolute atomic E-state index is 13.0. The number of hydrogen-bond donors (Lipinski definition) is 1. The van der Waals surface area contributed by atoms with Gasteiger partial charge in [-0.05, 0) is 56.2 Å². The zero-order chi connectivity index (χ0) is 22.7. The number of aromatic nitrogens is 2. The number of nitrogens with zero attached hydrogens (tertiary/aromatic N) is 3. The first-order valence-electron chi connectivity index (χ1n) is 10.6. The number of aryl methyl sites for hydroxylation is 1. The average Bonchev–Trinajstić information content (AvgIpc) is 3.28. The Hall–Kier alpha value is -3.04. The van der Waals surface area contributed by atoms with Gasteiger partial charge in [-0.3, -0.25) is 10.1 Å². The summed E-state index contributed by atoms with van der Waals surface area (Å²) < 4.78 is 32.9.